The Labute approximate surface area is 207 Å². The Morgan fingerprint density at radius 2 is 1.40 bits per heavy atom. The highest BCUT2D eigenvalue weighted by Crippen LogP contribution is 2.17. The van der Waals surface area contributed by atoms with E-state index in [4.69, 9.17) is 9.47 Å². The van der Waals surface area contributed by atoms with E-state index in [0.29, 0.717) is 0 Å². The molecular weight excluding hydrogens is 474 g/mol. The molecule has 2 N–H and O–H groups in total. The van der Waals surface area contributed by atoms with Crippen LogP contribution in [0.25, 0.3) is 0 Å². The summed E-state index contributed by atoms with van der Waals surface area (Å²) >= 11 is 0. The molecule has 3 atom stereocenters. The number of carbonyl (C=O) groups excluding carboxylic acids is 4. The van der Waals surface area contributed by atoms with Crippen LogP contribution in [0, 0.1) is 6.92 Å². The topological polar surface area (TPSA) is 140 Å². The van der Waals surface area contributed by atoms with E-state index in [9.17, 15) is 23.4 Å². The molecule has 3 amide bonds. The highest BCUT2D eigenvalue weighted by atomic mass is 32.2. The maximum absolute atomic E-state index is 13.8. The molecule has 0 saturated heterocycles. The second-order valence-corrected chi connectivity index (χ2v) is 12.4. The summed E-state index contributed by atoms with van der Waals surface area (Å²) < 4.78 is 28.0. The highest BCUT2D eigenvalue weighted by molar-refractivity contribution is 7.94. The molecule has 1 aromatic carbocycles. The molecule has 11 heteroatoms. The summed E-state index contributed by atoms with van der Waals surface area (Å²) in [6.07, 6.45) is -0.834. The summed E-state index contributed by atoms with van der Waals surface area (Å²) in [5, 5.41) is 4.80. The Kier molecular flexibility index (Phi) is 10.0. The molecule has 196 valence electrons. The Balaban J connectivity index is 3.16. The number of ether oxygens (including phenoxy) is 2. The van der Waals surface area contributed by atoms with Crippen LogP contribution in [0.15, 0.2) is 33.5 Å². The van der Waals surface area contributed by atoms with Gasteiger partial charge in [0.1, 0.15) is 29.0 Å². The Bertz CT molecular complexity index is 1060. The molecule has 1 aromatic rings. The molecule has 0 saturated carbocycles. The standard InChI is InChI=1S/C24H37N3O7S/c1-15-10-12-18(13-11-15)35(32,14-19(28)25-17(3)21(30)33-23(4,5)6)27-20(29)16(2)26-22(31)34-24(7,8)9/h10-13,16-17H,14H2,1-9H3,(H,25,28)(H,26,31)/t16-,17-,35?/m0/s1. The number of hydrogen-bond donors (Lipinski definition) is 2. The number of nitrogens with one attached hydrogen (secondary N) is 2. The summed E-state index contributed by atoms with van der Waals surface area (Å²) in [6.45, 7) is 14.7. The molecule has 10 nitrogen and oxygen atoms in total. The van der Waals surface area contributed by atoms with Crippen molar-refractivity contribution in [1.29, 1.82) is 0 Å². The molecule has 1 rings (SSSR count). The quantitative estimate of drug-likeness (QED) is 0.536. The zero-order valence-corrected chi connectivity index (χ0v) is 22.7. The van der Waals surface area contributed by atoms with Gasteiger partial charge in [0, 0.05) is 4.90 Å². The average molecular weight is 512 g/mol. The van der Waals surface area contributed by atoms with Crippen molar-refractivity contribution < 1.29 is 32.9 Å². The lowest BCUT2D eigenvalue weighted by molar-refractivity contribution is -0.158. The zero-order chi connectivity index (χ0) is 27.2. The molecule has 0 fully saturated rings. The summed E-state index contributed by atoms with van der Waals surface area (Å²) in [6, 6.07) is 4.24. The first-order valence-electron chi connectivity index (χ1n) is 11.2. The van der Waals surface area contributed by atoms with Crippen LogP contribution < -0.4 is 10.6 Å². The van der Waals surface area contributed by atoms with E-state index in [1.54, 1.807) is 53.7 Å². The number of esters is 1. The number of rotatable bonds is 7. The maximum Gasteiger partial charge on any atom is 0.408 e. The molecule has 0 aliphatic rings. The van der Waals surface area contributed by atoms with Crippen molar-refractivity contribution in [3.8, 4) is 0 Å². The summed E-state index contributed by atoms with van der Waals surface area (Å²) in [4.78, 5) is 49.8. The van der Waals surface area contributed by atoms with Gasteiger partial charge < -0.3 is 20.1 Å². The second kappa shape index (κ2) is 11.7. The molecular formula is C24H37N3O7S. The molecule has 1 unspecified atom stereocenters. The first kappa shape index (κ1) is 30.1. The van der Waals surface area contributed by atoms with Crippen LogP contribution in [-0.4, -0.2) is 57.1 Å². The largest absolute Gasteiger partial charge is 0.458 e. The summed E-state index contributed by atoms with van der Waals surface area (Å²) in [5.41, 5.74) is -0.642. The highest BCUT2D eigenvalue weighted by Gasteiger charge is 2.27. The van der Waals surface area contributed by atoms with Gasteiger partial charge in [-0.15, -0.1) is 0 Å². The van der Waals surface area contributed by atoms with E-state index in [-0.39, 0.29) is 4.90 Å². The van der Waals surface area contributed by atoms with E-state index in [1.165, 1.54) is 26.0 Å². The number of alkyl carbamates (subject to hydrolysis) is 1. The first-order chi connectivity index (χ1) is 15.8. The minimum atomic E-state index is -3.59. The zero-order valence-electron chi connectivity index (χ0n) is 21.9. The van der Waals surface area contributed by atoms with Crippen LogP contribution in [-0.2, 0) is 33.6 Å². The van der Waals surface area contributed by atoms with Crippen LogP contribution in [0.3, 0.4) is 0 Å². The fourth-order valence-electron chi connectivity index (χ4n) is 2.60. The van der Waals surface area contributed by atoms with Gasteiger partial charge in [0.2, 0.25) is 5.91 Å². The summed E-state index contributed by atoms with van der Waals surface area (Å²) in [7, 11) is -3.59. The predicted molar refractivity (Wildman–Crippen MR) is 132 cm³/mol. The molecule has 0 aromatic heterocycles. The van der Waals surface area contributed by atoms with E-state index in [0.717, 1.165) is 5.56 Å². The summed E-state index contributed by atoms with van der Waals surface area (Å²) in [5.74, 6) is -2.97. The van der Waals surface area contributed by atoms with Crippen molar-refractivity contribution in [2.75, 3.05) is 5.75 Å². The van der Waals surface area contributed by atoms with Crippen molar-refractivity contribution in [3.63, 3.8) is 0 Å². The predicted octanol–water partition coefficient (Wildman–Crippen LogP) is 3.11. The van der Waals surface area contributed by atoms with E-state index in [2.05, 4.69) is 15.0 Å². The van der Waals surface area contributed by atoms with Crippen molar-refractivity contribution in [1.82, 2.24) is 10.6 Å². The van der Waals surface area contributed by atoms with Crippen molar-refractivity contribution in [2.45, 2.75) is 90.5 Å². The van der Waals surface area contributed by atoms with Crippen molar-refractivity contribution in [3.05, 3.63) is 29.8 Å². The number of carbonyl (C=O) groups is 4. The number of nitrogens with zero attached hydrogens (tertiary/aromatic N) is 1. The first-order valence-corrected chi connectivity index (χ1v) is 12.9. The fourth-order valence-corrected chi connectivity index (χ4v) is 4.39. The average Bonchev–Trinajstić information content (AvgIpc) is 2.64. The Morgan fingerprint density at radius 3 is 1.89 bits per heavy atom. The molecule has 0 aliphatic carbocycles. The van der Waals surface area contributed by atoms with Crippen molar-refractivity contribution >= 4 is 33.6 Å². The van der Waals surface area contributed by atoms with Crippen LogP contribution in [0.4, 0.5) is 4.79 Å². The minimum Gasteiger partial charge on any atom is -0.458 e. The molecule has 0 aliphatic heterocycles. The lowest BCUT2D eigenvalue weighted by atomic mass is 10.2. The van der Waals surface area contributed by atoms with Gasteiger partial charge in [-0.3, -0.25) is 9.59 Å². The van der Waals surface area contributed by atoms with Gasteiger partial charge in [0.05, 0.1) is 9.73 Å². The normalized spacial score (nSPS) is 15.1. The molecule has 0 heterocycles. The SMILES string of the molecule is Cc1ccc(S(=O)(CC(=O)N[C@@H](C)C(=O)OC(C)(C)C)=NC(=O)[C@H](C)NC(=O)OC(C)(C)C)cc1. The number of hydrogen-bond acceptors (Lipinski definition) is 7. The Hall–Kier alpha value is -2.95. The van der Waals surface area contributed by atoms with E-state index >= 15 is 0 Å². The minimum absolute atomic E-state index is 0.168. The molecule has 0 spiro atoms. The third-order valence-corrected chi connectivity index (χ3v) is 6.33. The van der Waals surface area contributed by atoms with Crippen LogP contribution in [0.5, 0.6) is 0 Å². The molecule has 35 heavy (non-hydrogen) atoms. The van der Waals surface area contributed by atoms with Gasteiger partial charge in [-0.05, 0) is 74.4 Å². The van der Waals surface area contributed by atoms with Gasteiger partial charge in [0.25, 0.3) is 5.91 Å². The number of amides is 3. The lowest BCUT2D eigenvalue weighted by Crippen LogP contribution is -2.44. The third-order valence-electron chi connectivity index (χ3n) is 4.19. The maximum atomic E-state index is 13.8. The van der Waals surface area contributed by atoms with Gasteiger partial charge in [0.15, 0.2) is 0 Å². The Morgan fingerprint density at radius 1 is 0.886 bits per heavy atom. The van der Waals surface area contributed by atoms with Crippen LogP contribution in [0.1, 0.15) is 61.0 Å². The van der Waals surface area contributed by atoms with Gasteiger partial charge >= 0.3 is 12.1 Å². The number of benzene rings is 1. The van der Waals surface area contributed by atoms with E-state index < -0.39 is 62.6 Å². The monoisotopic (exact) mass is 511 g/mol. The van der Waals surface area contributed by atoms with Gasteiger partial charge in [-0.25, -0.2) is 13.8 Å². The second-order valence-electron chi connectivity index (χ2n) is 10.2. The van der Waals surface area contributed by atoms with Gasteiger partial charge in [-0.2, -0.15) is 4.36 Å². The van der Waals surface area contributed by atoms with E-state index in [1.807, 2.05) is 6.92 Å². The van der Waals surface area contributed by atoms with Gasteiger partial charge in [-0.1, -0.05) is 17.7 Å². The van der Waals surface area contributed by atoms with Crippen LogP contribution in [0.2, 0.25) is 0 Å². The third kappa shape index (κ3) is 10.9. The smallest absolute Gasteiger partial charge is 0.408 e. The van der Waals surface area contributed by atoms with Crippen LogP contribution >= 0.6 is 0 Å². The molecule has 0 bridgehead atoms. The number of aryl methyl sites for hydroxylation is 1. The van der Waals surface area contributed by atoms with Crippen molar-refractivity contribution in [2.24, 2.45) is 4.36 Å². The fraction of sp³-hybridized carbons (Fsp3) is 0.583. The molecule has 0 radical (unpaired) electrons. The lowest BCUT2D eigenvalue weighted by Gasteiger charge is -2.23.